The molecule has 0 bridgehead atoms. The fourth-order valence-corrected chi connectivity index (χ4v) is 3.15. The number of hydrogen-bond acceptors (Lipinski definition) is 11. The molecule has 3 rings (SSSR count). The highest BCUT2D eigenvalue weighted by molar-refractivity contribution is 5.91. The first-order chi connectivity index (χ1) is 18.1. The Kier molecular flexibility index (Phi) is 8.79. The number of aliphatic hydroxyl groups is 1. The number of esters is 3. The molecule has 0 atom stereocenters. The Morgan fingerprint density at radius 1 is 0.711 bits per heavy atom. The van der Waals surface area contributed by atoms with Gasteiger partial charge in [-0.3, -0.25) is 29.8 Å². The van der Waals surface area contributed by atoms with E-state index in [0.29, 0.717) is 5.56 Å². The van der Waals surface area contributed by atoms with Crippen molar-refractivity contribution in [3.8, 4) is 11.5 Å². The smallest absolute Gasteiger partial charge is 0.339 e. The number of benzene rings is 3. The van der Waals surface area contributed by atoms with Gasteiger partial charge in [-0.05, 0) is 29.8 Å². The van der Waals surface area contributed by atoms with E-state index in [-0.39, 0.29) is 29.5 Å². The molecule has 13 heteroatoms. The van der Waals surface area contributed by atoms with Gasteiger partial charge in [-0.2, -0.15) is 0 Å². The van der Waals surface area contributed by atoms with E-state index < -0.39 is 46.2 Å². The molecule has 0 spiro atoms. The molecular formula is C25H20N2O11. The monoisotopic (exact) mass is 524 g/mol. The predicted molar refractivity (Wildman–Crippen MR) is 128 cm³/mol. The van der Waals surface area contributed by atoms with Crippen molar-refractivity contribution in [3.05, 3.63) is 105 Å². The molecule has 13 nitrogen and oxygen atoms in total. The number of carbonyl (C=O) groups is 3. The molecule has 38 heavy (non-hydrogen) atoms. The van der Waals surface area contributed by atoms with Crippen molar-refractivity contribution in [2.45, 2.75) is 25.0 Å². The Hall–Kier alpha value is -5.17. The average molecular weight is 524 g/mol. The normalized spacial score (nSPS) is 10.8. The van der Waals surface area contributed by atoms with Crippen LogP contribution in [-0.2, 0) is 25.7 Å². The van der Waals surface area contributed by atoms with Crippen LogP contribution in [0.5, 0.6) is 11.5 Å². The minimum absolute atomic E-state index is 0.103. The van der Waals surface area contributed by atoms with Gasteiger partial charge in [0.2, 0.25) is 0 Å². The number of nitrogens with zero attached hydrogens (tertiary/aromatic N) is 2. The minimum atomic E-state index is -2.70. The lowest BCUT2D eigenvalue weighted by Gasteiger charge is -2.24. The molecular weight excluding hydrogens is 504 g/mol. The number of nitro benzene ring substituents is 2. The summed E-state index contributed by atoms with van der Waals surface area (Å²) >= 11 is 0. The number of rotatable bonds is 11. The van der Waals surface area contributed by atoms with Crippen molar-refractivity contribution in [2.24, 2.45) is 0 Å². The second-order valence-corrected chi connectivity index (χ2v) is 7.90. The van der Waals surface area contributed by atoms with Crippen LogP contribution in [0.3, 0.4) is 0 Å². The van der Waals surface area contributed by atoms with Gasteiger partial charge >= 0.3 is 17.9 Å². The van der Waals surface area contributed by atoms with Gasteiger partial charge in [0.05, 0.1) is 22.7 Å². The molecule has 0 aromatic heterocycles. The van der Waals surface area contributed by atoms with Crippen molar-refractivity contribution >= 4 is 29.3 Å². The first-order valence-electron chi connectivity index (χ1n) is 10.9. The first-order valence-corrected chi connectivity index (χ1v) is 10.9. The van der Waals surface area contributed by atoms with Gasteiger partial charge in [-0.15, -0.1) is 0 Å². The molecule has 0 fully saturated rings. The summed E-state index contributed by atoms with van der Waals surface area (Å²) in [7, 11) is 0. The fourth-order valence-electron chi connectivity index (χ4n) is 3.15. The summed E-state index contributed by atoms with van der Waals surface area (Å²) in [4.78, 5) is 58.1. The SMILES string of the molecule is O=C(CC(O)(CC(=O)Oc1ccc([N+](=O)[O-])cc1)C(=O)OCc1ccccc1)Oc1ccc([N+](=O)[O-])cc1. The van der Waals surface area contributed by atoms with Crippen LogP contribution in [0.1, 0.15) is 18.4 Å². The Balaban J connectivity index is 1.73. The Labute approximate surface area is 214 Å². The van der Waals surface area contributed by atoms with Crippen molar-refractivity contribution in [1.82, 2.24) is 0 Å². The number of ether oxygens (including phenoxy) is 3. The number of non-ortho nitro benzene ring substituents is 2. The van der Waals surface area contributed by atoms with Gasteiger partial charge in [0, 0.05) is 24.3 Å². The minimum Gasteiger partial charge on any atom is -0.459 e. The van der Waals surface area contributed by atoms with E-state index in [9.17, 15) is 39.7 Å². The standard InChI is InChI=1S/C25H20N2O11/c28-22(37-20-10-6-18(7-11-20)26(32)33)14-25(31,24(30)36-16-17-4-2-1-3-5-17)15-23(29)38-21-12-8-19(9-13-21)27(34)35/h1-13,31H,14-16H2. The van der Waals surface area contributed by atoms with Gasteiger partial charge in [-0.25, -0.2) is 4.79 Å². The van der Waals surface area contributed by atoms with E-state index in [0.717, 1.165) is 48.5 Å². The van der Waals surface area contributed by atoms with Gasteiger partial charge in [-0.1, -0.05) is 30.3 Å². The molecule has 0 saturated carbocycles. The fraction of sp³-hybridized carbons (Fsp3) is 0.160. The molecule has 1 N–H and O–H groups in total. The first kappa shape index (κ1) is 27.4. The number of hydrogen-bond donors (Lipinski definition) is 1. The van der Waals surface area contributed by atoms with Crippen LogP contribution in [0, 0.1) is 20.2 Å². The summed E-state index contributed by atoms with van der Waals surface area (Å²) in [5, 5.41) is 32.6. The van der Waals surface area contributed by atoms with Crippen LogP contribution in [0.2, 0.25) is 0 Å². The van der Waals surface area contributed by atoms with Gasteiger partial charge < -0.3 is 19.3 Å². The maximum atomic E-state index is 12.8. The van der Waals surface area contributed by atoms with Crippen LogP contribution in [-0.4, -0.2) is 38.5 Å². The van der Waals surface area contributed by atoms with E-state index in [1.165, 1.54) is 0 Å². The Morgan fingerprint density at radius 3 is 1.53 bits per heavy atom. The molecule has 0 unspecified atom stereocenters. The zero-order valence-corrected chi connectivity index (χ0v) is 19.6. The van der Waals surface area contributed by atoms with Crippen LogP contribution in [0.25, 0.3) is 0 Å². The molecule has 3 aromatic rings. The summed E-state index contributed by atoms with van der Waals surface area (Å²) in [6.45, 7) is -0.267. The average Bonchev–Trinajstić information content (AvgIpc) is 2.88. The van der Waals surface area contributed by atoms with Crippen LogP contribution in [0.15, 0.2) is 78.9 Å². The third kappa shape index (κ3) is 7.66. The summed E-state index contributed by atoms with van der Waals surface area (Å²) in [5.41, 5.74) is -2.63. The van der Waals surface area contributed by atoms with Crippen molar-refractivity contribution in [3.63, 3.8) is 0 Å². The highest BCUT2D eigenvalue weighted by Gasteiger charge is 2.43. The van der Waals surface area contributed by atoms with Crippen LogP contribution >= 0.6 is 0 Å². The molecule has 3 aromatic carbocycles. The lowest BCUT2D eigenvalue weighted by molar-refractivity contribution is -0.385. The molecule has 0 aliphatic heterocycles. The molecule has 0 aliphatic carbocycles. The van der Waals surface area contributed by atoms with Gasteiger partial charge in [0.15, 0.2) is 5.60 Å². The van der Waals surface area contributed by atoms with Crippen molar-refractivity contribution in [2.75, 3.05) is 0 Å². The van der Waals surface area contributed by atoms with E-state index in [1.54, 1.807) is 30.3 Å². The Morgan fingerprint density at radius 2 is 1.13 bits per heavy atom. The van der Waals surface area contributed by atoms with Crippen LogP contribution in [0.4, 0.5) is 11.4 Å². The zero-order chi connectivity index (χ0) is 27.7. The largest absolute Gasteiger partial charge is 0.459 e. The van der Waals surface area contributed by atoms with E-state index >= 15 is 0 Å². The Bertz CT molecular complexity index is 1250. The van der Waals surface area contributed by atoms with Crippen molar-refractivity contribution < 1.29 is 43.5 Å². The van der Waals surface area contributed by atoms with E-state index in [2.05, 4.69) is 0 Å². The van der Waals surface area contributed by atoms with Crippen LogP contribution < -0.4 is 9.47 Å². The topological polar surface area (TPSA) is 185 Å². The molecule has 0 radical (unpaired) electrons. The summed E-state index contributed by atoms with van der Waals surface area (Å²) < 4.78 is 15.2. The molecule has 0 saturated heterocycles. The molecule has 0 amide bonds. The maximum Gasteiger partial charge on any atom is 0.339 e. The summed E-state index contributed by atoms with van der Waals surface area (Å²) in [6.07, 6.45) is -2.04. The predicted octanol–water partition coefficient (Wildman–Crippen LogP) is 3.27. The van der Waals surface area contributed by atoms with Crippen molar-refractivity contribution in [1.29, 1.82) is 0 Å². The van der Waals surface area contributed by atoms with Gasteiger partial charge in [0.1, 0.15) is 18.1 Å². The quantitative estimate of drug-likeness (QED) is 0.168. The highest BCUT2D eigenvalue weighted by Crippen LogP contribution is 2.24. The maximum absolute atomic E-state index is 12.8. The third-order valence-electron chi connectivity index (χ3n) is 5.02. The second-order valence-electron chi connectivity index (χ2n) is 7.90. The molecule has 0 heterocycles. The lowest BCUT2D eigenvalue weighted by atomic mass is 9.95. The highest BCUT2D eigenvalue weighted by atomic mass is 16.6. The van der Waals surface area contributed by atoms with Gasteiger partial charge in [0.25, 0.3) is 11.4 Å². The lowest BCUT2D eigenvalue weighted by Crippen LogP contribution is -2.45. The third-order valence-corrected chi connectivity index (χ3v) is 5.02. The molecule has 196 valence electrons. The number of carbonyl (C=O) groups excluding carboxylic acids is 3. The summed E-state index contributed by atoms with van der Waals surface area (Å²) in [6, 6.07) is 17.4. The van der Waals surface area contributed by atoms with E-state index in [1.807, 2.05) is 0 Å². The zero-order valence-electron chi connectivity index (χ0n) is 19.6. The number of nitro groups is 2. The summed E-state index contributed by atoms with van der Waals surface area (Å²) in [5.74, 6) is -3.78. The van der Waals surface area contributed by atoms with E-state index in [4.69, 9.17) is 14.2 Å². The second kappa shape index (κ2) is 12.2. The molecule has 0 aliphatic rings.